The van der Waals surface area contributed by atoms with Crippen LogP contribution in [0.15, 0.2) is 211 Å². The molecule has 0 saturated heterocycles. The Morgan fingerprint density at radius 1 is 0.246 bits per heavy atom. The third-order valence-electron chi connectivity index (χ3n) is 13.5. The smallest absolute Gasteiger partial charge is 0.144 e. The molecule has 0 saturated carbocycles. The molecule has 1 heterocycles. The summed E-state index contributed by atoms with van der Waals surface area (Å²) in [7, 11) is 0. The highest BCUT2D eigenvalue weighted by molar-refractivity contribution is 6.29. The fraction of sp³-hybridized carbons (Fsp3) is 0. The topological polar surface area (TPSA) is 13.1 Å². The lowest BCUT2D eigenvalue weighted by molar-refractivity contribution is 0.670. The minimum absolute atomic E-state index is 0.890. The van der Waals surface area contributed by atoms with E-state index in [9.17, 15) is 0 Å². The molecule has 14 aromatic rings. The van der Waals surface area contributed by atoms with Crippen LogP contribution in [0.3, 0.4) is 0 Å². The molecule has 280 valence electrons. The number of benzene rings is 13. The molecule has 0 bridgehead atoms. The van der Waals surface area contributed by atoms with Crippen LogP contribution in [0.5, 0.6) is 0 Å². The molecule has 0 aliphatic heterocycles. The highest BCUT2D eigenvalue weighted by Gasteiger charge is 2.23. The van der Waals surface area contributed by atoms with E-state index >= 15 is 0 Å². The fourth-order valence-electron chi connectivity index (χ4n) is 10.9. The predicted octanol–water partition coefficient (Wildman–Crippen LogP) is 17.2. The van der Waals surface area contributed by atoms with E-state index < -0.39 is 0 Å². The van der Waals surface area contributed by atoms with Crippen LogP contribution in [-0.4, -0.2) is 0 Å². The maximum absolute atomic E-state index is 7.04. The maximum atomic E-state index is 7.04. The fourth-order valence-corrected chi connectivity index (χ4v) is 10.9. The molecular weight excluding hydrogens is 737 g/mol. The first kappa shape index (κ1) is 32.9. The molecule has 13 aromatic carbocycles. The highest BCUT2D eigenvalue weighted by atomic mass is 16.3. The van der Waals surface area contributed by atoms with Gasteiger partial charge in [-0.1, -0.05) is 188 Å². The van der Waals surface area contributed by atoms with Gasteiger partial charge in [-0.2, -0.15) is 0 Å². The molecule has 0 aliphatic carbocycles. The number of rotatable bonds is 4. The summed E-state index contributed by atoms with van der Waals surface area (Å²) < 4.78 is 7.04. The van der Waals surface area contributed by atoms with Crippen molar-refractivity contribution >= 4 is 97.3 Å². The first-order chi connectivity index (χ1) is 30.2. The summed E-state index contributed by atoms with van der Waals surface area (Å²) in [6.07, 6.45) is 0. The average Bonchev–Trinajstić information content (AvgIpc) is 3.70. The van der Waals surface area contributed by atoms with E-state index in [2.05, 4.69) is 206 Å². The molecule has 0 aliphatic rings. The van der Waals surface area contributed by atoms with Crippen LogP contribution in [0.2, 0.25) is 0 Å². The van der Waals surface area contributed by atoms with E-state index in [1.165, 1.54) is 109 Å². The normalized spacial score (nSPS) is 12.3. The Balaban J connectivity index is 1.01. The summed E-state index contributed by atoms with van der Waals surface area (Å²) >= 11 is 0. The number of hydrogen-bond acceptors (Lipinski definition) is 1. The molecule has 0 radical (unpaired) electrons. The lowest BCUT2D eigenvalue weighted by Gasteiger charge is -2.17. The number of para-hydroxylation sites is 1. The molecule has 0 fully saturated rings. The minimum Gasteiger partial charge on any atom is -0.455 e. The quantitative estimate of drug-likeness (QED) is 0.162. The van der Waals surface area contributed by atoms with Gasteiger partial charge in [-0.25, -0.2) is 0 Å². The van der Waals surface area contributed by atoms with Crippen molar-refractivity contribution in [1.82, 2.24) is 0 Å². The third-order valence-corrected chi connectivity index (χ3v) is 13.5. The SMILES string of the molecule is c1cc(-c2ccc3ccc4cccc5ccc2c3c45)cc(-c2c3ccccc3c(-c3cccc(-c4ccc5ccc6cccc7ccc4c5c67)c3)c3c2oc2ccccc23)c1. The number of hydrogen-bond donors (Lipinski definition) is 0. The van der Waals surface area contributed by atoms with Crippen molar-refractivity contribution in [3.05, 3.63) is 206 Å². The Morgan fingerprint density at radius 3 is 1.21 bits per heavy atom. The Labute approximate surface area is 351 Å². The largest absolute Gasteiger partial charge is 0.455 e. The van der Waals surface area contributed by atoms with Crippen LogP contribution in [0.1, 0.15) is 0 Å². The van der Waals surface area contributed by atoms with Crippen molar-refractivity contribution in [2.75, 3.05) is 0 Å². The van der Waals surface area contributed by atoms with E-state index in [-0.39, 0.29) is 0 Å². The molecule has 0 atom stereocenters. The van der Waals surface area contributed by atoms with E-state index in [4.69, 9.17) is 4.42 Å². The average molecular weight is 771 g/mol. The number of furan rings is 1. The summed E-state index contributed by atoms with van der Waals surface area (Å²) in [4.78, 5) is 0. The zero-order valence-corrected chi connectivity index (χ0v) is 33.0. The van der Waals surface area contributed by atoms with Crippen molar-refractivity contribution in [2.24, 2.45) is 0 Å². The minimum atomic E-state index is 0.890. The van der Waals surface area contributed by atoms with Gasteiger partial charge in [0, 0.05) is 21.9 Å². The van der Waals surface area contributed by atoms with E-state index in [1.807, 2.05) is 0 Å². The van der Waals surface area contributed by atoms with Crippen molar-refractivity contribution in [1.29, 1.82) is 0 Å². The van der Waals surface area contributed by atoms with Gasteiger partial charge in [0.05, 0.1) is 0 Å². The second-order valence-corrected chi connectivity index (χ2v) is 16.7. The van der Waals surface area contributed by atoms with Gasteiger partial charge in [0.25, 0.3) is 0 Å². The van der Waals surface area contributed by atoms with Crippen molar-refractivity contribution < 1.29 is 4.42 Å². The van der Waals surface area contributed by atoms with Crippen LogP contribution < -0.4 is 0 Å². The Bertz CT molecular complexity index is 4080. The second kappa shape index (κ2) is 12.3. The van der Waals surface area contributed by atoms with Crippen LogP contribution >= 0.6 is 0 Å². The lowest BCUT2D eigenvalue weighted by Crippen LogP contribution is -1.91. The number of fused-ring (bicyclic) bond motifs is 4. The zero-order chi connectivity index (χ0) is 39.8. The van der Waals surface area contributed by atoms with Crippen molar-refractivity contribution in [2.45, 2.75) is 0 Å². The van der Waals surface area contributed by atoms with Crippen LogP contribution in [0.4, 0.5) is 0 Å². The molecular formula is C60H34O. The van der Waals surface area contributed by atoms with Crippen LogP contribution in [0.25, 0.3) is 142 Å². The molecule has 0 spiro atoms. The van der Waals surface area contributed by atoms with Crippen LogP contribution in [0, 0.1) is 0 Å². The molecule has 0 amide bonds. The van der Waals surface area contributed by atoms with E-state index in [0.29, 0.717) is 0 Å². The summed E-state index contributed by atoms with van der Waals surface area (Å²) in [5, 5.41) is 20.2. The molecule has 14 rings (SSSR count). The second-order valence-electron chi connectivity index (χ2n) is 16.7. The van der Waals surface area contributed by atoms with Gasteiger partial charge in [-0.05, 0) is 127 Å². The molecule has 1 nitrogen and oxygen atoms in total. The Kier molecular flexibility index (Phi) is 6.62. The van der Waals surface area contributed by atoms with Crippen molar-refractivity contribution in [3.63, 3.8) is 0 Å². The lowest BCUT2D eigenvalue weighted by atomic mass is 9.85. The monoisotopic (exact) mass is 770 g/mol. The van der Waals surface area contributed by atoms with Gasteiger partial charge in [0.2, 0.25) is 0 Å². The zero-order valence-electron chi connectivity index (χ0n) is 33.0. The first-order valence-electron chi connectivity index (χ1n) is 21.2. The van der Waals surface area contributed by atoms with Gasteiger partial charge >= 0.3 is 0 Å². The standard InChI is InChI=1S/C60H34O/c1-2-18-48-47(17-1)57(43-15-7-13-41(33-43)45-29-25-39-23-21-35-9-5-11-37-27-31-49(45)55(39)53(35)37)59-51-19-3-4-20-52(51)61-60(59)58(48)44-16-8-14-42(34-44)46-30-26-40-24-22-36-10-6-12-38-28-32-50(46)56(40)54(36)38/h1-34H. The predicted molar refractivity (Wildman–Crippen MR) is 260 cm³/mol. The Hall–Kier alpha value is -8.00. The van der Waals surface area contributed by atoms with Gasteiger partial charge in [-0.15, -0.1) is 0 Å². The molecule has 1 heteroatoms. The van der Waals surface area contributed by atoms with Gasteiger partial charge < -0.3 is 4.42 Å². The molecule has 0 N–H and O–H groups in total. The molecule has 1 aromatic heterocycles. The van der Waals surface area contributed by atoms with E-state index in [1.54, 1.807) is 0 Å². The van der Waals surface area contributed by atoms with Crippen LogP contribution in [-0.2, 0) is 0 Å². The van der Waals surface area contributed by atoms with Gasteiger partial charge in [-0.3, -0.25) is 0 Å². The van der Waals surface area contributed by atoms with E-state index in [0.717, 1.165) is 33.1 Å². The maximum Gasteiger partial charge on any atom is 0.144 e. The first-order valence-corrected chi connectivity index (χ1v) is 21.2. The van der Waals surface area contributed by atoms with Gasteiger partial charge in [0.15, 0.2) is 0 Å². The van der Waals surface area contributed by atoms with Crippen molar-refractivity contribution in [3.8, 4) is 44.5 Å². The summed E-state index contributed by atoms with van der Waals surface area (Å²) in [6, 6.07) is 76.3. The third kappa shape index (κ3) is 4.61. The summed E-state index contributed by atoms with van der Waals surface area (Å²) in [6.45, 7) is 0. The highest BCUT2D eigenvalue weighted by Crippen LogP contribution is 2.49. The molecule has 61 heavy (non-hydrogen) atoms. The Morgan fingerprint density at radius 2 is 0.656 bits per heavy atom. The summed E-state index contributed by atoms with van der Waals surface area (Å²) in [5.74, 6) is 0. The van der Waals surface area contributed by atoms with Gasteiger partial charge in [0.1, 0.15) is 11.2 Å². The summed E-state index contributed by atoms with van der Waals surface area (Å²) in [5.41, 5.74) is 11.3. The molecule has 0 unspecified atom stereocenters.